The third kappa shape index (κ3) is 4.82. The highest BCUT2D eigenvalue weighted by atomic mass is 16.2. The monoisotopic (exact) mass is 417 g/mol. The molecule has 1 saturated carbocycles. The Bertz CT molecular complexity index is 1110. The van der Waals surface area contributed by atoms with Crippen LogP contribution in [0.25, 0.3) is 10.9 Å². The number of H-pyrrole nitrogens is 1. The third-order valence-electron chi connectivity index (χ3n) is 6.42. The number of hydrogen-bond donors (Lipinski definition) is 2. The van der Waals surface area contributed by atoms with Crippen molar-refractivity contribution >= 4 is 16.9 Å². The van der Waals surface area contributed by atoms with E-state index < -0.39 is 0 Å². The second kappa shape index (κ2) is 9.38. The summed E-state index contributed by atoms with van der Waals surface area (Å²) in [6.45, 7) is 4.86. The van der Waals surface area contributed by atoms with Crippen LogP contribution in [0.15, 0.2) is 53.3 Å². The van der Waals surface area contributed by atoms with Crippen LogP contribution in [0.4, 0.5) is 4.79 Å². The zero-order chi connectivity index (χ0) is 21.8. The Morgan fingerprint density at radius 2 is 1.74 bits per heavy atom. The molecule has 5 heteroatoms. The molecule has 0 bridgehead atoms. The fraction of sp³-hybridized carbons (Fsp3) is 0.385. The van der Waals surface area contributed by atoms with E-state index in [4.69, 9.17) is 0 Å². The molecule has 31 heavy (non-hydrogen) atoms. The molecule has 1 fully saturated rings. The van der Waals surface area contributed by atoms with E-state index in [0.29, 0.717) is 18.7 Å². The van der Waals surface area contributed by atoms with E-state index in [0.717, 1.165) is 53.3 Å². The van der Waals surface area contributed by atoms with E-state index in [1.165, 1.54) is 6.42 Å². The van der Waals surface area contributed by atoms with Gasteiger partial charge < -0.3 is 15.2 Å². The molecule has 0 spiro atoms. The summed E-state index contributed by atoms with van der Waals surface area (Å²) in [5, 5.41) is 4.11. The maximum Gasteiger partial charge on any atom is 0.318 e. The minimum absolute atomic E-state index is 0.101. The van der Waals surface area contributed by atoms with Gasteiger partial charge in [0.25, 0.3) is 5.56 Å². The fourth-order valence-corrected chi connectivity index (χ4v) is 4.55. The third-order valence-corrected chi connectivity index (χ3v) is 6.42. The first-order valence-electron chi connectivity index (χ1n) is 11.2. The van der Waals surface area contributed by atoms with Gasteiger partial charge in [-0.15, -0.1) is 0 Å². The Morgan fingerprint density at radius 1 is 1.03 bits per heavy atom. The number of benzene rings is 2. The Kier molecular flexibility index (Phi) is 6.40. The van der Waals surface area contributed by atoms with Crippen molar-refractivity contribution in [3.63, 3.8) is 0 Å². The molecule has 0 atom stereocenters. The number of fused-ring (bicyclic) bond motifs is 1. The van der Waals surface area contributed by atoms with Gasteiger partial charge in [-0.25, -0.2) is 4.79 Å². The molecule has 2 amide bonds. The van der Waals surface area contributed by atoms with Crippen molar-refractivity contribution in [2.45, 2.75) is 65.1 Å². The lowest BCUT2D eigenvalue weighted by Crippen LogP contribution is -2.47. The minimum atomic E-state index is -0.113. The van der Waals surface area contributed by atoms with Gasteiger partial charge in [0.15, 0.2) is 0 Å². The minimum Gasteiger partial charge on any atom is -0.334 e. The van der Waals surface area contributed by atoms with Gasteiger partial charge in [0.2, 0.25) is 0 Å². The first kappa shape index (κ1) is 21.2. The number of carbonyl (C=O) groups is 1. The average Bonchev–Trinajstić information content (AvgIpc) is 2.80. The zero-order valence-electron chi connectivity index (χ0n) is 18.4. The number of nitrogens with one attached hydrogen (secondary N) is 2. The van der Waals surface area contributed by atoms with E-state index in [1.54, 1.807) is 0 Å². The van der Waals surface area contributed by atoms with Gasteiger partial charge in [0, 0.05) is 23.5 Å². The van der Waals surface area contributed by atoms with Crippen LogP contribution in [0.5, 0.6) is 0 Å². The van der Waals surface area contributed by atoms with Crippen molar-refractivity contribution in [1.82, 2.24) is 15.2 Å². The number of aromatic nitrogens is 1. The van der Waals surface area contributed by atoms with Gasteiger partial charge in [-0.2, -0.15) is 0 Å². The number of amides is 2. The van der Waals surface area contributed by atoms with Crippen LogP contribution < -0.4 is 10.9 Å². The van der Waals surface area contributed by atoms with E-state index >= 15 is 0 Å². The van der Waals surface area contributed by atoms with Crippen molar-refractivity contribution in [2.75, 3.05) is 0 Å². The molecule has 0 saturated heterocycles. The molecule has 4 rings (SSSR count). The molecule has 0 aliphatic heterocycles. The molecular weight excluding hydrogens is 386 g/mol. The van der Waals surface area contributed by atoms with Crippen LogP contribution >= 0.6 is 0 Å². The number of aryl methyl sites for hydroxylation is 2. The van der Waals surface area contributed by atoms with E-state index in [-0.39, 0.29) is 17.6 Å². The van der Waals surface area contributed by atoms with Gasteiger partial charge in [-0.1, -0.05) is 61.7 Å². The number of urea groups is 1. The fourth-order valence-electron chi connectivity index (χ4n) is 4.55. The average molecular weight is 418 g/mol. The Balaban J connectivity index is 1.61. The highest BCUT2D eigenvalue weighted by Gasteiger charge is 2.26. The zero-order valence-corrected chi connectivity index (χ0v) is 18.4. The van der Waals surface area contributed by atoms with Crippen molar-refractivity contribution in [3.05, 3.63) is 81.1 Å². The van der Waals surface area contributed by atoms with Crippen LogP contribution in [0.2, 0.25) is 0 Å². The molecule has 162 valence electrons. The summed E-state index contributed by atoms with van der Waals surface area (Å²) in [6, 6.07) is 16.1. The summed E-state index contributed by atoms with van der Waals surface area (Å²) < 4.78 is 0. The molecular formula is C26H31N3O2. The molecule has 1 aliphatic rings. The van der Waals surface area contributed by atoms with Crippen LogP contribution in [0.3, 0.4) is 0 Å². The molecule has 1 heterocycles. The van der Waals surface area contributed by atoms with Crippen LogP contribution in [-0.4, -0.2) is 22.0 Å². The largest absolute Gasteiger partial charge is 0.334 e. The molecule has 3 aromatic rings. The van der Waals surface area contributed by atoms with E-state index in [2.05, 4.69) is 23.3 Å². The summed E-state index contributed by atoms with van der Waals surface area (Å²) in [7, 11) is 0. The van der Waals surface area contributed by atoms with Crippen molar-refractivity contribution in [3.8, 4) is 0 Å². The molecule has 2 N–H and O–H groups in total. The summed E-state index contributed by atoms with van der Waals surface area (Å²) in [5.74, 6) is 0. The standard InChI is InChI=1S/C26H31N3O2/c1-18-13-14-19(2)24-23(18)15-21(25(30)28-24)17-29(22-11-7-4-8-12-22)26(31)27-16-20-9-5-3-6-10-20/h3,5-6,9-10,13-15,22H,4,7-8,11-12,16-17H2,1-2H3,(H,27,31)(H,28,30). The number of aromatic amines is 1. The number of rotatable bonds is 5. The molecule has 0 unspecified atom stereocenters. The van der Waals surface area contributed by atoms with Crippen LogP contribution in [0, 0.1) is 13.8 Å². The second-order valence-electron chi connectivity index (χ2n) is 8.68. The maximum absolute atomic E-state index is 13.2. The van der Waals surface area contributed by atoms with Gasteiger partial charge >= 0.3 is 6.03 Å². The summed E-state index contributed by atoms with van der Waals surface area (Å²) in [6.07, 6.45) is 5.44. The number of pyridine rings is 1. The van der Waals surface area contributed by atoms with E-state index in [9.17, 15) is 9.59 Å². The number of nitrogens with zero attached hydrogens (tertiary/aromatic N) is 1. The predicted octanol–water partition coefficient (Wildman–Crippen LogP) is 5.19. The first-order chi connectivity index (χ1) is 15.0. The van der Waals surface area contributed by atoms with Gasteiger partial charge in [0.05, 0.1) is 12.1 Å². The number of carbonyl (C=O) groups excluding carboxylic acids is 1. The topological polar surface area (TPSA) is 65.2 Å². The summed E-state index contributed by atoms with van der Waals surface area (Å²) in [5.41, 5.74) is 4.64. The molecule has 2 aromatic carbocycles. The van der Waals surface area contributed by atoms with Gasteiger partial charge in [-0.3, -0.25) is 4.79 Å². The van der Waals surface area contributed by atoms with E-state index in [1.807, 2.05) is 54.3 Å². The van der Waals surface area contributed by atoms with Crippen molar-refractivity contribution in [1.29, 1.82) is 0 Å². The molecule has 1 aliphatic carbocycles. The van der Waals surface area contributed by atoms with Gasteiger partial charge in [0.1, 0.15) is 0 Å². The van der Waals surface area contributed by atoms with Crippen LogP contribution in [-0.2, 0) is 13.1 Å². The second-order valence-corrected chi connectivity index (χ2v) is 8.68. The van der Waals surface area contributed by atoms with Crippen molar-refractivity contribution < 1.29 is 4.79 Å². The Labute approximate surface area is 183 Å². The molecule has 0 radical (unpaired) electrons. The SMILES string of the molecule is Cc1ccc(C)c2[nH]c(=O)c(CN(C(=O)NCc3ccccc3)C3CCCCC3)cc12. The quantitative estimate of drug-likeness (QED) is 0.600. The van der Waals surface area contributed by atoms with Crippen molar-refractivity contribution in [2.24, 2.45) is 0 Å². The number of hydrogen-bond acceptors (Lipinski definition) is 2. The lowest BCUT2D eigenvalue weighted by molar-refractivity contribution is 0.150. The summed E-state index contributed by atoms with van der Waals surface area (Å²) in [4.78, 5) is 31.1. The maximum atomic E-state index is 13.2. The molecule has 5 nitrogen and oxygen atoms in total. The Hall–Kier alpha value is -3.08. The first-order valence-corrected chi connectivity index (χ1v) is 11.2. The highest BCUT2D eigenvalue weighted by molar-refractivity contribution is 5.85. The smallest absolute Gasteiger partial charge is 0.318 e. The van der Waals surface area contributed by atoms with Crippen LogP contribution in [0.1, 0.15) is 54.4 Å². The highest BCUT2D eigenvalue weighted by Crippen LogP contribution is 2.25. The molecule has 1 aromatic heterocycles. The lowest BCUT2D eigenvalue weighted by atomic mass is 9.94. The lowest BCUT2D eigenvalue weighted by Gasteiger charge is -2.34. The van der Waals surface area contributed by atoms with Gasteiger partial charge in [-0.05, 0) is 49.4 Å². The summed E-state index contributed by atoms with van der Waals surface area (Å²) >= 11 is 0. The Morgan fingerprint density at radius 3 is 2.48 bits per heavy atom. The predicted molar refractivity (Wildman–Crippen MR) is 125 cm³/mol. The normalized spacial score (nSPS) is 14.5.